The number of ether oxygens (including phenoxy) is 1. The lowest BCUT2D eigenvalue weighted by Crippen LogP contribution is -2.46. The molecule has 1 saturated carbocycles. The molecule has 2 aromatic rings. The number of amides is 1. The van der Waals surface area contributed by atoms with Gasteiger partial charge in [0.15, 0.2) is 0 Å². The van der Waals surface area contributed by atoms with E-state index >= 15 is 0 Å². The Labute approximate surface area is 153 Å². The zero-order chi connectivity index (χ0) is 18.5. The van der Waals surface area contributed by atoms with Gasteiger partial charge in [-0.3, -0.25) is 4.90 Å². The number of carbonyl (C=O) groups excluding carboxylic acids is 1. The summed E-state index contributed by atoms with van der Waals surface area (Å²) in [6.07, 6.45) is -0.602. The quantitative estimate of drug-likeness (QED) is 0.810. The van der Waals surface area contributed by atoms with E-state index in [0.29, 0.717) is 23.2 Å². The molecule has 9 nitrogen and oxygen atoms in total. The van der Waals surface area contributed by atoms with Gasteiger partial charge in [-0.05, 0) is 42.1 Å². The van der Waals surface area contributed by atoms with Gasteiger partial charge in [0.2, 0.25) is 0 Å². The van der Waals surface area contributed by atoms with Crippen molar-refractivity contribution in [3.05, 3.63) is 29.9 Å². The van der Waals surface area contributed by atoms with Crippen LogP contribution in [0.3, 0.4) is 0 Å². The summed E-state index contributed by atoms with van der Waals surface area (Å²) in [6, 6.07) is 4.55. The summed E-state index contributed by atoms with van der Waals surface area (Å²) in [5.41, 5.74) is 5.68. The third-order valence-electron chi connectivity index (χ3n) is 6.27. The summed E-state index contributed by atoms with van der Waals surface area (Å²) in [6.45, 7) is 3.33. The van der Waals surface area contributed by atoms with Crippen LogP contribution >= 0.6 is 0 Å². The second kappa shape index (κ2) is 4.69. The van der Waals surface area contributed by atoms with E-state index in [0.717, 1.165) is 13.1 Å². The van der Waals surface area contributed by atoms with Crippen LogP contribution in [0.15, 0.2) is 22.7 Å². The summed E-state index contributed by atoms with van der Waals surface area (Å²) >= 11 is 0. The molecule has 0 radical (unpaired) electrons. The minimum Gasteiger partial charge on any atom is -0.410 e. The lowest BCUT2D eigenvalue weighted by Gasteiger charge is -2.28. The second-order valence-electron chi connectivity index (χ2n) is 7.64. The fraction of sp³-hybridized carbons (Fsp3) is 0.471. The van der Waals surface area contributed by atoms with Gasteiger partial charge in [0, 0.05) is 19.1 Å². The summed E-state index contributed by atoms with van der Waals surface area (Å²) in [4.78, 5) is 20.0. The number of halogens is 1. The number of anilines is 3. The molecule has 2 bridgehead atoms. The van der Waals surface area contributed by atoms with Crippen LogP contribution < -0.4 is 20.9 Å². The molecule has 1 amide bonds. The number of nitrogens with zero attached hydrogens (tertiary/aromatic N) is 4. The molecule has 3 N–H and O–H groups in total. The molecule has 1 aliphatic carbocycles. The predicted octanol–water partition coefficient (Wildman–Crippen LogP) is 1.23. The van der Waals surface area contributed by atoms with Crippen LogP contribution in [-0.4, -0.2) is 41.4 Å². The van der Waals surface area contributed by atoms with Gasteiger partial charge >= 0.3 is 6.09 Å². The number of carbonyl (C=O) groups is 1. The molecule has 6 rings (SSSR count). The van der Waals surface area contributed by atoms with Crippen molar-refractivity contribution >= 4 is 23.4 Å². The van der Waals surface area contributed by atoms with Gasteiger partial charge in [0.1, 0.15) is 11.9 Å². The van der Waals surface area contributed by atoms with Crippen LogP contribution in [0, 0.1) is 17.7 Å². The highest BCUT2D eigenvalue weighted by Gasteiger charge is 2.61. The van der Waals surface area contributed by atoms with Crippen LogP contribution in [0.2, 0.25) is 0 Å². The number of benzene rings is 1. The molecule has 1 aromatic heterocycles. The topological polar surface area (TPSA) is 110 Å². The van der Waals surface area contributed by atoms with E-state index in [1.54, 1.807) is 19.1 Å². The molecule has 3 fully saturated rings. The largest absolute Gasteiger partial charge is 0.417 e. The van der Waals surface area contributed by atoms with Crippen LogP contribution in [-0.2, 0) is 10.5 Å². The number of fused-ring (bicyclic) bond motifs is 4. The van der Waals surface area contributed by atoms with Crippen molar-refractivity contribution < 1.29 is 18.4 Å². The first-order valence-electron chi connectivity index (χ1n) is 8.92. The first-order valence-corrected chi connectivity index (χ1v) is 8.92. The molecule has 10 heteroatoms. The summed E-state index contributed by atoms with van der Waals surface area (Å²) < 4.78 is 25.5. The smallest absolute Gasteiger partial charge is 0.410 e. The minimum atomic E-state index is -1.23. The van der Waals surface area contributed by atoms with Gasteiger partial charge in [-0.1, -0.05) is 0 Å². The molecule has 1 spiro atoms. The fourth-order valence-electron chi connectivity index (χ4n) is 4.61. The SMILES string of the molecule is CC1N(c2ccc(N3C[C@@H]4C(N)[C@@H]4C3)c(F)c2)C(=O)O[C@@]12Nc1noc2n1. The Morgan fingerprint density at radius 2 is 2.15 bits per heavy atom. The average Bonchev–Trinajstić information content (AvgIpc) is 3.16. The second-order valence-corrected chi connectivity index (χ2v) is 7.64. The van der Waals surface area contributed by atoms with Crippen molar-refractivity contribution in [1.82, 2.24) is 10.1 Å². The normalized spacial score (nSPS) is 35.6. The molecule has 1 aromatic carbocycles. The van der Waals surface area contributed by atoms with Crippen LogP contribution in [0.1, 0.15) is 12.8 Å². The maximum atomic E-state index is 14.8. The first-order chi connectivity index (χ1) is 13.0. The van der Waals surface area contributed by atoms with E-state index in [1.165, 1.54) is 11.0 Å². The van der Waals surface area contributed by atoms with Gasteiger partial charge in [-0.15, -0.1) is 0 Å². The van der Waals surface area contributed by atoms with Gasteiger partial charge in [-0.25, -0.2) is 9.18 Å². The van der Waals surface area contributed by atoms with Crippen molar-refractivity contribution in [2.75, 3.05) is 28.2 Å². The number of rotatable bonds is 2. The highest BCUT2D eigenvalue weighted by molar-refractivity contribution is 5.92. The van der Waals surface area contributed by atoms with Crippen molar-refractivity contribution in [2.45, 2.75) is 24.7 Å². The fourth-order valence-corrected chi connectivity index (χ4v) is 4.61. The number of nitrogens with one attached hydrogen (secondary N) is 1. The molecule has 3 aliphatic heterocycles. The van der Waals surface area contributed by atoms with Gasteiger partial charge in [0.25, 0.3) is 17.6 Å². The molecule has 2 unspecified atom stereocenters. The third-order valence-corrected chi connectivity index (χ3v) is 6.27. The van der Waals surface area contributed by atoms with Gasteiger partial charge in [0.05, 0.1) is 11.4 Å². The van der Waals surface area contributed by atoms with Crippen molar-refractivity contribution in [3.63, 3.8) is 0 Å². The number of aromatic nitrogens is 2. The zero-order valence-electron chi connectivity index (χ0n) is 14.4. The lowest BCUT2D eigenvalue weighted by atomic mass is 10.1. The van der Waals surface area contributed by atoms with Crippen LogP contribution in [0.5, 0.6) is 0 Å². The minimum absolute atomic E-state index is 0.186. The standard InChI is InChI=1S/C17H17FN6O3/c1-7-17(14-20-15(21-17)22-27-14)26-16(25)24(7)8-2-3-12(11(18)4-8)23-5-9-10(6-23)13(9)19/h2-4,7,9-10,13H,5-6,19H2,1H3,(H,21,22)/t7?,9-,10+,13?,17-/m0/s1. The number of hydrogen-bond acceptors (Lipinski definition) is 8. The third kappa shape index (κ3) is 1.83. The Bertz CT molecular complexity index is 969. The molecule has 140 valence electrons. The molecular formula is C17H17FN6O3. The highest BCUT2D eigenvalue weighted by Crippen LogP contribution is 2.47. The number of nitrogens with two attached hydrogens (primary N) is 1. The molecule has 4 aliphatic rings. The predicted molar refractivity (Wildman–Crippen MR) is 91.6 cm³/mol. The Balaban J connectivity index is 1.29. The highest BCUT2D eigenvalue weighted by atomic mass is 19.1. The lowest BCUT2D eigenvalue weighted by molar-refractivity contribution is 0.0313. The van der Waals surface area contributed by atoms with Crippen molar-refractivity contribution in [3.8, 4) is 0 Å². The number of hydrogen-bond donors (Lipinski definition) is 2. The van der Waals surface area contributed by atoms with E-state index in [9.17, 15) is 9.18 Å². The van der Waals surface area contributed by atoms with Crippen molar-refractivity contribution in [2.24, 2.45) is 17.6 Å². The average molecular weight is 372 g/mol. The Hall–Kier alpha value is -2.88. The summed E-state index contributed by atoms with van der Waals surface area (Å²) in [7, 11) is 0. The summed E-state index contributed by atoms with van der Waals surface area (Å²) in [5, 5.41) is 6.64. The Kier molecular flexibility index (Phi) is 2.64. The van der Waals surface area contributed by atoms with E-state index in [2.05, 4.69) is 15.5 Å². The summed E-state index contributed by atoms with van der Waals surface area (Å²) in [5.74, 6) is 1.00. The Morgan fingerprint density at radius 1 is 1.37 bits per heavy atom. The maximum Gasteiger partial charge on any atom is 0.417 e. The van der Waals surface area contributed by atoms with E-state index in [1.807, 2.05) is 4.90 Å². The maximum absolute atomic E-state index is 14.8. The van der Waals surface area contributed by atoms with Crippen LogP contribution in [0.25, 0.3) is 0 Å². The molecule has 5 atom stereocenters. The molecule has 4 heterocycles. The zero-order valence-corrected chi connectivity index (χ0v) is 14.4. The monoisotopic (exact) mass is 372 g/mol. The number of piperidine rings is 1. The Morgan fingerprint density at radius 3 is 2.78 bits per heavy atom. The first kappa shape index (κ1) is 15.2. The molecule has 2 saturated heterocycles. The van der Waals surface area contributed by atoms with Crippen molar-refractivity contribution in [1.29, 1.82) is 0 Å². The van der Waals surface area contributed by atoms with E-state index < -0.39 is 17.9 Å². The molecular weight excluding hydrogens is 355 g/mol. The van der Waals surface area contributed by atoms with E-state index in [4.69, 9.17) is 15.0 Å². The van der Waals surface area contributed by atoms with Gasteiger partial charge < -0.3 is 25.2 Å². The van der Waals surface area contributed by atoms with Gasteiger partial charge in [-0.2, -0.15) is 4.98 Å². The van der Waals surface area contributed by atoms with Crippen LogP contribution in [0.4, 0.5) is 26.5 Å². The molecule has 27 heavy (non-hydrogen) atoms. The van der Waals surface area contributed by atoms with E-state index in [-0.39, 0.29) is 23.7 Å².